The predicted octanol–water partition coefficient (Wildman–Crippen LogP) is 1.14. The lowest BCUT2D eigenvalue weighted by atomic mass is 9.96. The van der Waals surface area contributed by atoms with Crippen LogP contribution in [0.1, 0.15) is 19.4 Å². The average molecular weight is 285 g/mol. The molecule has 1 aromatic rings. The zero-order valence-corrected chi connectivity index (χ0v) is 12.2. The van der Waals surface area contributed by atoms with E-state index in [1.807, 2.05) is 13.8 Å². The van der Waals surface area contributed by atoms with E-state index in [1.165, 1.54) is 12.3 Å². The van der Waals surface area contributed by atoms with Gasteiger partial charge in [0.25, 0.3) is 0 Å². The largest absolute Gasteiger partial charge is 0.486 e. The molecule has 6 heteroatoms. The number of sulfone groups is 1. The van der Waals surface area contributed by atoms with Crippen molar-refractivity contribution in [3.8, 4) is 11.5 Å². The van der Waals surface area contributed by atoms with Crippen molar-refractivity contribution in [3.63, 3.8) is 0 Å². The molecule has 0 fully saturated rings. The Labute approximate surface area is 113 Å². The van der Waals surface area contributed by atoms with Crippen LogP contribution in [0.4, 0.5) is 0 Å². The molecule has 0 atom stereocenters. The summed E-state index contributed by atoms with van der Waals surface area (Å²) < 4.78 is 34.7. The lowest BCUT2D eigenvalue weighted by molar-refractivity contribution is 0.170. The second-order valence-electron chi connectivity index (χ2n) is 5.54. The van der Waals surface area contributed by atoms with Gasteiger partial charge in [0, 0.05) is 17.9 Å². The fourth-order valence-corrected chi connectivity index (χ4v) is 3.01. The monoisotopic (exact) mass is 285 g/mol. The SMILES string of the molecule is CC(C)(N)Cc1cc2c(cc1S(C)(=O)=O)OCCO2. The summed E-state index contributed by atoms with van der Waals surface area (Å²) >= 11 is 0. The molecular formula is C13H19NO4S. The molecule has 0 saturated heterocycles. The third kappa shape index (κ3) is 3.39. The van der Waals surface area contributed by atoms with Crippen LogP contribution in [0.3, 0.4) is 0 Å². The minimum absolute atomic E-state index is 0.260. The number of fused-ring (bicyclic) bond motifs is 1. The highest BCUT2D eigenvalue weighted by atomic mass is 32.2. The number of rotatable bonds is 3. The van der Waals surface area contributed by atoms with Gasteiger partial charge in [0.1, 0.15) is 13.2 Å². The van der Waals surface area contributed by atoms with Gasteiger partial charge in [-0.05, 0) is 31.9 Å². The first-order valence-corrected chi connectivity index (χ1v) is 7.97. The summed E-state index contributed by atoms with van der Waals surface area (Å²) in [7, 11) is -3.33. The van der Waals surface area contributed by atoms with E-state index < -0.39 is 15.4 Å². The van der Waals surface area contributed by atoms with Gasteiger partial charge in [-0.1, -0.05) is 0 Å². The highest BCUT2D eigenvalue weighted by molar-refractivity contribution is 7.90. The molecular weight excluding hydrogens is 266 g/mol. The van der Waals surface area contributed by atoms with Crippen molar-refractivity contribution in [2.75, 3.05) is 19.5 Å². The van der Waals surface area contributed by atoms with Crippen molar-refractivity contribution in [1.29, 1.82) is 0 Å². The van der Waals surface area contributed by atoms with Crippen molar-refractivity contribution in [3.05, 3.63) is 17.7 Å². The van der Waals surface area contributed by atoms with Gasteiger partial charge in [0.05, 0.1) is 4.90 Å². The lowest BCUT2D eigenvalue weighted by Crippen LogP contribution is -2.35. The molecule has 0 unspecified atom stereocenters. The molecule has 0 radical (unpaired) electrons. The average Bonchev–Trinajstić information content (AvgIpc) is 2.24. The molecule has 1 heterocycles. The molecule has 1 aliphatic rings. The van der Waals surface area contributed by atoms with Gasteiger partial charge in [0.15, 0.2) is 21.3 Å². The summed E-state index contributed by atoms with van der Waals surface area (Å²) in [5.74, 6) is 1.06. The molecule has 0 saturated carbocycles. The van der Waals surface area contributed by atoms with Gasteiger partial charge in [-0.3, -0.25) is 0 Å². The Balaban J connectivity index is 2.56. The van der Waals surface area contributed by atoms with Crippen LogP contribution >= 0.6 is 0 Å². The topological polar surface area (TPSA) is 78.6 Å². The van der Waals surface area contributed by atoms with E-state index in [4.69, 9.17) is 15.2 Å². The number of ether oxygens (including phenoxy) is 2. The zero-order chi connectivity index (χ0) is 14.3. The van der Waals surface area contributed by atoms with Gasteiger partial charge in [-0.2, -0.15) is 0 Å². The van der Waals surface area contributed by atoms with E-state index in [-0.39, 0.29) is 4.90 Å². The first-order valence-electron chi connectivity index (χ1n) is 6.08. The third-order valence-electron chi connectivity index (χ3n) is 2.77. The first-order chi connectivity index (χ1) is 8.67. The normalized spacial score (nSPS) is 15.4. The Kier molecular flexibility index (Phi) is 3.49. The lowest BCUT2D eigenvalue weighted by Gasteiger charge is -2.24. The molecule has 106 valence electrons. The van der Waals surface area contributed by atoms with Gasteiger partial charge in [-0.25, -0.2) is 8.42 Å². The second kappa shape index (κ2) is 4.68. The first kappa shape index (κ1) is 14.1. The maximum absolute atomic E-state index is 11.9. The fraction of sp³-hybridized carbons (Fsp3) is 0.538. The molecule has 2 N–H and O–H groups in total. The van der Waals surface area contributed by atoms with Gasteiger partial charge in [-0.15, -0.1) is 0 Å². The molecule has 0 amide bonds. The van der Waals surface area contributed by atoms with E-state index in [2.05, 4.69) is 0 Å². The molecule has 0 bridgehead atoms. The van der Waals surface area contributed by atoms with Crippen molar-refractivity contribution in [2.24, 2.45) is 5.73 Å². The fourth-order valence-electron chi connectivity index (χ4n) is 2.09. The second-order valence-corrected chi connectivity index (χ2v) is 7.53. The molecule has 19 heavy (non-hydrogen) atoms. The van der Waals surface area contributed by atoms with Crippen LogP contribution in [-0.4, -0.2) is 33.4 Å². The van der Waals surface area contributed by atoms with Crippen LogP contribution in [0.25, 0.3) is 0 Å². The van der Waals surface area contributed by atoms with Crippen LogP contribution in [0, 0.1) is 0 Å². The van der Waals surface area contributed by atoms with E-state index in [0.29, 0.717) is 36.7 Å². The quantitative estimate of drug-likeness (QED) is 0.901. The smallest absolute Gasteiger partial charge is 0.175 e. The summed E-state index contributed by atoms with van der Waals surface area (Å²) in [5, 5.41) is 0. The van der Waals surface area contributed by atoms with Gasteiger partial charge < -0.3 is 15.2 Å². The van der Waals surface area contributed by atoms with Gasteiger partial charge in [0.2, 0.25) is 0 Å². The zero-order valence-electron chi connectivity index (χ0n) is 11.4. The van der Waals surface area contributed by atoms with E-state index in [1.54, 1.807) is 6.07 Å². The summed E-state index contributed by atoms with van der Waals surface area (Å²) in [6.45, 7) is 4.61. The maximum atomic E-state index is 11.9. The summed E-state index contributed by atoms with van der Waals surface area (Å²) in [4.78, 5) is 0.260. The molecule has 0 spiro atoms. The highest BCUT2D eigenvalue weighted by Gasteiger charge is 2.24. The number of benzene rings is 1. The number of hydrogen-bond donors (Lipinski definition) is 1. The Hall–Kier alpha value is -1.27. The number of hydrogen-bond acceptors (Lipinski definition) is 5. The predicted molar refractivity (Wildman–Crippen MR) is 72.5 cm³/mol. The van der Waals surface area contributed by atoms with E-state index in [9.17, 15) is 8.42 Å². The Morgan fingerprint density at radius 1 is 1.21 bits per heavy atom. The molecule has 2 rings (SSSR count). The molecule has 0 aromatic heterocycles. The van der Waals surface area contributed by atoms with Gasteiger partial charge >= 0.3 is 0 Å². The minimum atomic E-state index is -3.33. The van der Waals surface area contributed by atoms with Crippen LogP contribution in [0.15, 0.2) is 17.0 Å². The van der Waals surface area contributed by atoms with E-state index in [0.717, 1.165) is 0 Å². The standard InChI is InChI=1S/C13H19NO4S/c1-13(2,14)8-9-6-10-11(18-5-4-17-10)7-12(9)19(3,15)16/h6-7H,4-5,8,14H2,1-3H3. The van der Waals surface area contributed by atoms with Crippen molar-refractivity contribution in [2.45, 2.75) is 30.7 Å². The van der Waals surface area contributed by atoms with Crippen molar-refractivity contribution < 1.29 is 17.9 Å². The summed E-state index contributed by atoms with van der Waals surface area (Å²) in [5.41, 5.74) is 6.16. The summed E-state index contributed by atoms with van der Waals surface area (Å²) in [6, 6.07) is 3.25. The van der Waals surface area contributed by atoms with Crippen LogP contribution < -0.4 is 15.2 Å². The minimum Gasteiger partial charge on any atom is -0.486 e. The van der Waals surface area contributed by atoms with Crippen LogP contribution in [0.2, 0.25) is 0 Å². The Morgan fingerprint density at radius 2 is 1.74 bits per heavy atom. The van der Waals surface area contributed by atoms with Crippen LogP contribution in [-0.2, 0) is 16.3 Å². The molecule has 0 aliphatic carbocycles. The third-order valence-corrected chi connectivity index (χ3v) is 3.95. The molecule has 1 aliphatic heterocycles. The van der Waals surface area contributed by atoms with Crippen molar-refractivity contribution >= 4 is 9.84 Å². The van der Waals surface area contributed by atoms with Crippen molar-refractivity contribution in [1.82, 2.24) is 0 Å². The maximum Gasteiger partial charge on any atom is 0.175 e. The summed E-state index contributed by atoms with van der Waals surface area (Å²) in [6.07, 6.45) is 1.64. The Bertz CT molecular complexity index is 587. The van der Waals surface area contributed by atoms with E-state index >= 15 is 0 Å². The number of nitrogens with two attached hydrogens (primary N) is 1. The van der Waals surface area contributed by atoms with Crippen LogP contribution in [0.5, 0.6) is 11.5 Å². The Morgan fingerprint density at radius 3 is 2.21 bits per heavy atom. The molecule has 1 aromatic carbocycles. The highest BCUT2D eigenvalue weighted by Crippen LogP contribution is 2.36. The molecule has 5 nitrogen and oxygen atoms in total.